The molecule has 2 unspecified atom stereocenters. The monoisotopic (exact) mass is 474 g/mol. The quantitative estimate of drug-likeness (QED) is 0.733. The number of piperidine rings is 1. The molecule has 2 aliphatic rings. The van der Waals surface area contributed by atoms with Crippen molar-refractivity contribution in [2.45, 2.75) is 37.0 Å². The van der Waals surface area contributed by atoms with Crippen molar-refractivity contribution in [1.29, 1.82) is 0 Å². The number of likely N-dealkylation sites (tertiary alicyclic amines) is 1. The lowest BCUT2D eigenvalue weighted by molar-refractivity contribution is -0.192. The van der Waals surface area contributed by atoms with Crippen LogP contribution in [0.4, 0.5) is 13.2 Å². The number of carboxylic acid groups (broad SMARTS) is 1. The van der Waals surface area contributed by atoms with Crippen LogP contribution >= 0.6 is 0 Å². The zero-order chi connectivity index (χ0) is 23.6. The van der Waals surface area contributed by atoms with Crippen LogP contribution in [0.1, 0.15) is 24.2 Å². The lowest BCUT2D eigenvalue weighted by Crippen LogP contribution is -2.56. The van der Waals surface area contributed by atoms with Crippen LogP contribution in [-0.4, -0.2) is 66.8 Å². The second-order valence-electron chi connectivity index (χ2n) is 8.03. The van der Waals surface area contributed by atoms with Crippen molar-refractivity contribution in [2.75, 3.05) is 25.9 Å². The van der Waals surface area contributed by atoms with Gasteiger partial charge in [0.1, 0.15) is 5.76 Å². The molecule has 176 valence electrons. The van der Waals surface area contributed by atoms with Gasteiger partial charge in [0.25, 0.3) is 0 Å². The van der Waals surface area contributed by atoms with Crippen LogP contribution in [0.25, 0.3) is 0 Å². The van der Waals surface area contributed by atoms with E-state index < -0.39 is 22.2 Å². The van der Waals surface area contributed by atoms with Crippen molar-refractivity contribution in [3.8, 4) is 0 Å². The van der Waals surface area contributed by atoms with Crippen LogP contribution in [0.15, 0.2) is 53.1 Å². The highest BCUT2D eigenvalue weighted by Gasteiger charge is 2.53. The number of aliphatic carboxylic acids is 1. The molecule has 4 rings (SSSR count). The summed E-state index contributed by atoms with van der Waals surface area (Å²) in [5.41, 5.74) is 1.19. The summed E-state index contributed by atoms with van der Waals surface area (Å²) in [6.45, 7) is 3.02. The Labute approximate surface area is 184 Å². The lowest BCUT2D eigenvalue weighted by atomic mass is 9.69. The van der Waals surface area contributed by atoms with E-state index in [9.17, 15) is 21.6 Å². The molecule has 1 N–H and O–H groups in total. The predicted molar refractivity (Wildman–Crippen MR) is 110 cm³/mol. The van der Waals surface area contributed by atoms with E-state index >= 15 is 0 Å². The highest BCUT2D eigenvalue weighted by atomic mass is 32.2. The summed E-state index contributed by atoms with van der Waals surface area (Å²) in [7, 11) is -3.22. The second kappa shape index (κ2) is 9.24. The third-order valence-corrected chi connectivity index (χ3v) is 7.33. The fraction of sp³-hybridized carbons (Fsp3) is 0.476. The SMILES string of the molecule is CS(=O)(=O)N1CCC2(c3ccccc3)CCN(Cc3ccco3)CC12.O=C(O)C(F)(F)F. The summed E-state index contributed by atoms with van der Waals surface area (Å²) in [4.78, 5) is 11.2. The number of sulfonamides is 1. The molecule has 0 bridgehead atoms. The van der Waals surface area contributed by atoms with Gasteiger partial charge in [-0.3, -0.25) is 4.90 Å². The maximum Gasteiger partial charge on any atom is 0.490 e. The molecule has 0 saturated carbocycles. The molecular formula is C21H25F3N2O5S. The van der Waals surface area contributed by atoms with Gasteiger partial charge in [-0.25, -0.2) is 13.2 Å². The minimum absolute atomic E-state index is 0.0198. The Morgan fingerprint density at radius 1 is 1.16 bits per heavy atom. The fourth-order valence-corrected chi connectivity index (χ4v) is 5.73. The minimum Gasteiger partial charge on any atom is -0.475 e. The number of halogens is 3. The second-order valence-corrected chi connectivity index (χ2v) is 9.96. The summed E-state index contributed by atoms with van der Waals surface area (Å²) in [6.07, 6.45) is -0.205. The summed E-state index contributed by atoms with van der Waals surface area (Å²) in [5, 5.41) is 7.12. The largest absolute Gasteiger partial charge is 0.490 e. The van der Waals surface area contributed by atoms with Crippen molar-refractivity contribution in [3.05, 3.63) is 60.1 Å². The number of benzene rings is 1. The first-order valence-corrected chi connectivity index (χ1v) is 11.9. The first-order chi connectivity index (χ1) is 14.9. The molecule has 3 heterocycles. The molecule has 32 heavy (non-hydrogen) atoms. The number of hydrogen-bond donors (Lipinski definition) is 1. The van der Waals surface area contributed by atoms with Gasteiger partial charge in [-0.1, -0.05) is 30.3 Å². The number of carbonyl (C=O) groups is 1. The van der Waals surface area contributed by atoms with Crippen LogP contribution in [0.2, 0.25) is 0 Å². The van der Waals surface area contributed by atoms with Crippen molar-refractivity contribution in [1.82, 2.24) is 9.21 Å². The Hall–Kier alpha value is -2.37. The number of fused-ring (bicyclic) bond motifs is 1. The van der Waals surface area contributed by atoms with Crippen LogP contribution in [0, 0.1) is 0 Å². The van der Waals surface area contributed by atoms with E-state index in [1.807, 2.05) is 18.2 Å². The van der Waals surface area contributed by atoms with Crippen molar-refractivity contribution >= 4 is 16.0 Å². The van der Waals surface area contributed by atoms with E-state index in [2.05, 4.69) is 29.2 Å². The van der Waals surface area contributed by atoms with Crippen LogP contribution < -0.4 is 0 Å². The third kappa shape index (κ3) is 5.33. The molecule has 2 aromatic rings. The molecule has 0 spiro atoms. The Kier molecular flexibility index (Phi) is 7.01. The average Bonchev–Trinajstić information content (AvgIpc) is 3.36. The molecule has 0 aliphatic carbocycles. The Morgan fingerprint density at radius 3 is 2.31 bits per heavy atom. The minimum atomic E-state index is -5.08. The van der Waals surface area contributed by atoms with Crippen LogP contribution in [0.3, 0.4) is 0 Å². The van der Waals surface area contributed by atoms with Gasteiger partial charge >= 0.3 is 12.1 Å². The first-order valence-electron chi connectivity index (χ1n) is 10.0. The molecule has 0 amide bonds. The highest BCUT2D eigenvalue weighted by molar-refractivity contribution is 7.88. The molecule has 2 atom stereocenters. The van der Waals surface area contributed by atoms with Gasteiger partial charge in [0.05, 0.1) is 19.1 Å². The van der Waals surface area contributed by atoms with Gasteiger partial charge in [-0.2, -0.15) is 17.5 Å². The normalized spacial score (nSPS) is 24.4. The molecule has 1 aromatic carbocycles. The van der Waals surface area contributed by atoms with Gasteiger partial charge in [-0.15, -0.1) is 0 Å². The highest BCUT2D eigenvalue weighted by Crippen LogP contribution is 2.46. The zero-order valence-corrected chi connectivity index (χ0v) is 18.3. The van der Waals surface area contributed by atoms with Gasteiger partial charge < -0.3 is 9.52 Å². The zero-order valence-electron chi connectivity index (χ0n) is 17.5. The summed E-state index contributed by atoms with van der Waals surface area (Å²) in [6, 6.07) is 14.3. The van der Waals surface area contributed by atoms with Crippen molar-refractivity contribution < 1.29 is 35.9 Å². The number of hydrogen-bond acceptors (Lipinski definition) is 5. The number of carboxylic acids is 1. The van der Waals surface area contributed by atoms with E-state index in [0.717, 1.165) is 38.2 Å². The number of nitrogens with zero attached hydrogens (tertiary/aromatic N) is 2. The van der Waals surface area contributed by atoms with E-state index in [1.165, 1.54) is 11.8 Å². The Balaban J connectivity index is 0.000000360. The van der Waals surface area contributed by atoms with E-state index in [4.69, 9.17) is 14.3 Å². The van der Waals surface area contributed by atoms with Crippen molar-refractivity contribution in [2.24, 2.45) is 0 Å². The molecule has 1 aromatic heterocycles. The smallest absolute Gasteiger partial charge is 0.475 e. The van der Waals surface area contributed by atoms with E-state index in [-0.39, 0.29) is 11.5 Å². The first kappa shape index (κ1) is 24.3. The van der Waals surface area contributed by atoms with Gasteiger partial charge in [-0.05, 0) is 37.1 Å². The van der Waals surface area contributed by atoms with Crippen molar-refractivity contribution in [3.63, 3.8) is 0 Å². The molecule has 2 aliphatic heterocycles. The number of rotatable bonds is 4. The Morgan fingerprint density at radius 2 is 1.78 bits per heavy atom. The third-order valence-electron chi connectivity index (χ3n) is 6.05. The Bertz CT molecular complexity index is 1010. The molecule has 2 saturated heterocycles. The van der Waals surface area contributed by atoms with Gasteiger partial charge in [0, 0.05) is 24.5 Å². The van der Waals surface area contributed by atoms with Crippen LogP contribution in [-0.2, 0) is 26.8 Å². The molecule has 0 radical (unpaired) electrons. The molecule has 2 fully saturated rings. The van der Waals surface area contributed by atoms with E-state index in [1.54, 1.807) is 10.6 Å². The summed E-state index contributed by atoms with van der Waals surface area (Å²) in [5.74, 6) is -1.83. The molecule has 7 nitrogen and oxygen atoms in total. The number of alkyl halides is 3. The fourth-order valence-electron chi connectivity index (χ4n) is 4.57. The maximum absolute atomic E-state index is 12.4. The topological polar surface area (TPSA) is 91.1 Å². The predicted octanol–water partition coefficient (Wildman–Crippen LogP) is 3.09. The van der Waals surface area contributed by atoms with Gasteiger partial charge in [0.15, 0.2) is 0 Å². The summed E-state index contributed by atoms with van der Waals surface area (Å²) < 4.78 is 63.7. The maximum atomic E-state index is 12.4. The standard InChI is InChI=1S/C19H24N2O3S.C2HF3O2/c1-25(22,23)21-12-10-19(16-6-3-2-4-7-16)9-11-20(15-18(19)21)14-17-8-5-13-24-17;3-2(4,5)1(6)7/h2-8,13,18H,9-12,14-15H2,1H3;(H,6,7). The van der Waals surface area contributed by atoms with Gasteiger partial charge in [0.2, 0.25) is 10.0 Å². The average molecular weight is 475 g/mol. The summed E-state index contributed by atoms with van der Waals surface area (Å²) >= 11 is 0. The van der Waals surface area contributed by atoms with Crippen LogP contribution in [0.5, 0.6) is 0 Å². The molecular weight excluding hydrogens is 449 g/mol. The number of furan rings is 1. The van der Waals surface area contributed by atoms with E-state index in [0.29, 0.717) is 6.54 Å². The molecule has 11 heteroatoms. The lowest BCUT2D eigenvalue weighted by Gasteiger charge is -2.46.